The fourth-order valence-corrected chi connectivity index (χ4v) is 8.06. The fraction of sp³-hybridized carbons (Fsp3) is 1.00. The lowest BCUT2D eigenvalue weighted by atomic mass is 9.70. The van der Waals surface area contributed by atoms with Gasteiger partial charge < -0.3 is 4.74 Å². The number of hydrogen-bond acceptors (Lipinski definition) is 3. The summed E-state index contributed by atoms with van der Waals surface area (Å²) in [5, 5.41) is 0. The molecule has 0 aromatic heterocycles. The van der Waals surface area contributed by atoms with E-state index in [2.05, 4.69) is 0 Å². The molecule has 0 radical (unpaired) electrons. The molecule has 4 aliphatic rings. The summed E-state index contributed by atoms with van der Waals surface area (Å²) in [5.41, 5.74) is -2.18. The van der Waals surface area contributed by atoms with Crippen LogP contribution in [0.1, 0.15) is 32.6 Å². The number of sulfone groups is 1. The normalized spacial score (nSPS) is 53.0. The van der Waals surface area contributed by atoms with Gasteiger partial charge in [0.05, 0.1) is 5.75 Å². The van der Waals surface area contributed by atoms with Gasteiger partial charge in [0.15, 0.2) is 20.4 Å². The quantitative estimate of drug-likeness (QED) is 0.787. The van der Waals surface area contributed by atoms with Gasteiger partial charge in [0.25, 0.3) is 0 Å². The monoisotopic (exact) mass is 310 g/mol. The zero-order chi connectivity index (χ0) is 14.6. The van der Waals surface area contributed by atoms with E-state index in [1.807, 2.05) is 0 Å². The molecule has 7 heteroatoms. The molecule has 4 atom stereocenters. The van der Waals surface area contributed by atoms with Gasteiger partial charge in [0, 0.05) is 23.7 Å². The van der Waals surface area contributed by atoms with Gasteiger partial charge in [-0.15, -0.1) is 0 Å². The van der Waals surface area contributed by atoms with Gasteiger partial charge in [-0.05, 0) is 25.7 Å². The molecule has 114 valence electrons. The van der Waals surface area contributed by atoms with Crippen LogP contribution in [0.3, 0.4) is 0 Å². The summed E-state index contributed by atoms with van der Waals surface area (Å²) in [7, 11) is -3.65. The predicted octanol–water partition coefficient (Wildman–Crippen LogP) is 2.51. The van der Waals surface area contributed by atoms with Crippen LogP contribution in [0.5, 0.6) is 0 Å². The van der Waals surface area contributed by atoms with Crippen molar-refractivity contribution in [3.8, 4) is 0 Å². The van der Waals surface area contributed by atoms with Crippen molar-refractivity contribution in [3.63, 3.8) is 0 Å². The second kappa shape index (κ2) is 3.37. The molecule has 0 spiro atoms. The Morgan fingerprint density at radius 1 is 1.05 bits per heavy atom. The van der Waals surface area contributed by atoms with Crippen molar-refractivity contribution < 1.29 is 26.3 Å². The average Bonchev–Trinajstić information content (AvgIpc) is 2.90. The van der Waals surface area contributed by atoms with E-state index in [0.717, 1.165) is 0 Å². The fourth-order valence-electron chi connectivity index (χ4n) is 5.86. The maximum atomic E-state index is 13.7. The minimum atomic E-state index is -4.47. The molecule has 0 aromatic rings. The highest BCUT2D eigenvalue weighted by molar-refractivity contribution is 7.92. The molecule has 0 amide bonds. The lowest BCUT2D eigenvalue weighted by Crippen LogP contribution is -2.52. The molecule has 4 fully saturated rings. The van der Waals surface area contributed by atoms with Crippen molar-refractivity contribution in [1.29, 1.82) is 0 Å². The van der Waals surface area contributed by atoms with Crippen LogP contribution in [0, 0.1) is 23.7 Å². The van der Waals surface area contributed by atoms with Crippen molar-refractivity contribution >= 4 is 9.84 Å². The largest absolute Gasteiger partial charge is 0.418 e. The molecule has 0 aromatic carbocycles. The molecule has 2 bridgehead atoms. The lowest BCUT2D eigenvalue weighted by molar-refractivity contribution is -0.275. The molecular formula is C13H17F3O3S. The lowest BCUT2D eigenvalue weighted by Gasteiger charge is -2.37. The first-order valence-electron chi connectivity index (χ1n) is 7.21. The van der Waals surface area contributed by atoms with Crippen LogP contribution in [0.4, 0.5) is 13.2 Å². The molecule has 4 unspecified atom stereocenters. The van der Waals surface area contributed by atoms with E-state index in [1.54, 1.807) is 0 Å². The third kappa shape index (κ3) is 1.05. The van der Waals surface area contributed by atoms with E-state index in [9.17, 15) is 21.6 Å². The Kier molecular flexibility index (Phi) is 2.25. The maximum absolute atomic E-state index is 13.7. The molecular weight excluding hydrogens is 293 g/mol. The van der Waals surface area contributed by atoms with E-state index in [4.69, 9.17) is 4.74 Å². The van der Waals surface area contributed by atoms with E-state index >= 15 is 0 Å². The first kappa shape index (κ1) is 13.4. The minimum absolute atomic E-state index is 0.145. The number of alkyl halides is 3. The molecule has 3 nitrogen and oxygen atoms in total. The number of halogens is 3. The molecule has 20 heavy (non-hydrogen) atoms. The van der Waals surface area contributed by atoms with Crippen molar-refractivity contribution in [1.82, 2.24) is 0 Å². The molecule has 2 aliphatic carbocycles. The summed E-state index contributed by atoms with van der Waals surface area (Å²) in [6.45, 7) is 1.50. The summed E-state index contributed by atoms with van der Waals surface area (Å²) in [6, 6.07) is 0. The molecule has 0 N–H and O–H groups in total. The van der Waals surface area contributed by atoms with Crippen molar-refractivity contribution in [2.24, 2.45) is 23.7 Å². The Balaban J connectivity index is 1.97. The van der Waals surface area contributed by atoms with Crippen LogP contribution in [-0.2, 0) is 14.6 Å². The van der Waals surface area contributed by atoms with Crippen LogP contribution in [0.15, 0.2) is 0 Å². The third-order valence-electron chi connectivity index (χ3n) is 6.32. The first-order valence-corrected chi connectivity index (χ1v) is 8.87. The minimum Gasteiger partial charge on any atom is -0.342 e. The highest BCUT2D eigenvalue weighted by atomic mass is 32.2. The SMILES string of the molecule is CCS(=O)(=O)C12OC3(C(F)(F)F)C4CCC3C1CCC42. The summed E-state index contributed by atoms with van der Waals surface area (Å²) >= 11 is 0. The average molecular weight is 310 g/mol. The maximum Gasteiger partial charge on any atom is 0.418 e. The van der Waals surface area contributed by atoms with E-state index in [0.29, 0.717) is 25.7 Å². The van der Waals surface area contributed by atoms with Gasteiger partial charge in [-0.1, -0.05) is 6.92 Å². The van der Waals surface area contributed by atoms with Gasteiger partial charge in [-0.25, -0.2) is 8.42 Å². The Hall–Kier alpha value is -0.300. The zero-order valence-corrected chi connectivity index (χ0v) is 11.9. The summed E-state index contributed by atoms with van der Waals surface area (Å²) in [4.78, 5) is -1.54. The Bertz CT molecular complexity index is 548. The van der Waals surface area contributed by atoms with Crippen LogP contribution in [0.25, 0.3) is 0 Å². The zero-order valence-electron chi connectivity index (χ0n) is 11.1. The molecule has 2 heterocycles. The Labute approximate surface area is 115 Å². The van der Waals surface area contributed by atoms with Gasteiger partial charge in [-0.3, -0.25) is 0 Å². The Morgan fingerprint density at radius 2 is 1.50 bits per heavy atom. The van der Waals surface area contributed by atoms with Crippen LogP contribution in [-0.4, -0.2) is 30.9 Å². The molecule has 2 aliphatic heterocycles. The second-order valence-corrected chi connectivity index (χ2v) is 9.04. The highest BCUT2D eigenvalue weighted by Gasteiger charge is 2.89. The van der Waals surface area contributed by atoms with Crippen molar-refractivity contribution in [2.45, 2.75) is 49.3 Å². The molecule has 2 saturated carbocycles. The highest BCUT2D eigenvalue weighted by Crippen LogP contribution is 2.78. The Morgan fingerprint density at radius 3 is 1.90 bits per heavy atom. The van der Waals surface area contributed by atoms with E-state index in [-0.39, 0.29) is 5.75 Å². The van der Waals surface area contributed by atoms with Gasteiger partial charge >= 0.3 is 6.18 Å². The van der Waals surface area contributed by atoms with Crippen LogP contribution < -0.4 is 0 Å². The second-order valence-electron chi connectivity index (χ2n) is 6.60. The van der Waals surface area contributed by atoms with E-state index < -0.39 is 50.2 Å². The van der Waals surface area contributed by atoms with Gasteiger partial charge in [-0.2, -0.15) is 13.2 Å². The van der Waals surface area contributed by atoms with Gasteiger partial charge in [0.2, 0.25) is 0 Å². The topological polar surface area (TPSA) is 43.4 Å². The molecule has 4 rings (SSSR count). The smallest absolute Gasteiger partial charge is 0.342 e. The molecule has 2 saturated heterocycles. The standard InChI is InChI=1S/C13H17F3O3S/c1-2-20(17,18)12-9-5-6-10(12)8-4-3-7(9)11(8,19-12)13(14,15)16/h7-10H,2-6H2,1H3. The summed E-state index contributed by atoms with van der Waals surface area (Å²) < 4.78 is 71.7. The van der Waals surface area contributed by atoms with Crippen molar-refractivity contribution in [3.05, 3.63) is 0 Å². The number of fused-ring (bicyclic) bond motifs is 2. The van der Waals surface area contributed by atoms with Crippen LogP contribution in [0.2, 0.25) is 0 Å². The van der Waals surface area contributed by atoms with E-state index in [1.165, 1.54) is 6.92 Å². The predicted molar refractivity (Wildman–Crippen MR) is 64.5 cm³/mol. The number of hydrogen-bond donors (Lipinski definition) is 0. The third-order valence-corrected chi connectivity index (χ3v) is 8.74. The van der Waals surface area contributed by atoms with Gasteiger partial charge in [0.1, 0.15) is 0 Å². The number of ether oxygens (including phenoxy) is 1. The summed E-state index contributed by atoms with van der Waals surface area (Å²) in [5.74, 6) is -2.39. The first-order chi connectivity index (χ1) is 9.22. The van der Waals surface area contributed by atoms with Crippen molar-refractivity contribution in [2.75, 3.05) is 5.75 Å². The summed E-state index contributed by atoms with van der Waals surface area (Å²) in [6.07, 6.45) is -2.45. The number of rotatable bonds is 2. The van der Waals surface area contributed by atoms with Crippen LogP contribution >= 0.6 is 0 Å².